The first-order valence-electron chi connectivity index (χ1n) is 5.65. The highest BCUT2D eigenvalue weighted by Gasteiger charge is 2.16. The molecule has 0 atom stereocenters. The van der Waals surface area contributed by atoms with E-state index in [-0.39, 0.29) is 5.91 Å². The SMILES string of the molecule is O=C(CC1CCCCC1)NCCCI. The molecule has 0 bridgehead atoms. The van der Waals surface area contributed by atoms with Gasteiger partial charge in [-0.2, -0.15) is 0 Å². The number of carbonyl (C=O) groups is 1. The number of halogens is 1. The van der Waals surface area contributed by atoms with Crippen LogP contribution in [0.4, 0.5) is 0 Å². The molecule has 0 aromatic heterocycles. The number of carbonyl (C=O) groups excluding carboxylic acids is 1. The van der Waals surface area contributed by atoms with E-state index in [1.165, 1.54) is 32.1 Å². The fourth-order valence-electron chi connectivity index (χ4n) is 2.02. The van der Waals surface area contributed by atoms with Gasteiger partial charge < -0.3 is 5.32 Å². The van der Waals surface area contributed by atoms with Gasteiger partial charge in [-0.1, -0.05) is 41.9 Å². The Morgan fingerprint density at radius 2 is 2.00 bits per heavy atom. The largest absolute Gasteiger partial charge is 0.356 e. The van der Waals surface area contributed by atoms with Gasteiger partial charge in [-0.3, -0.25) is 4.79 Å². The van der Waals surface area contributed by atoms with Crippen molar-refractivity contribution < 1.29 is 4.79 Å². The van der Waals surface area contributed by atoms with Gasteiger partial charge in [0.1, 0.15) is 0 Å². The van der Waals surface area contributed by atoms with Crippen LogP contribution in [-0.2, 0) is 4.79 Å². The van der Waals surface area contributed by atoms with E-state index in [0.717, 1.165) is 23.8 Å². The quantitative estimate of drug-likeness (QED) is 0.472. The molecular weight excluding hydrogens is 289 g/mol. The van der Waals surface area contributed by atoms with Crippen LogP contribution in [0, 0.1) is 5.92 Å². The smallest absolute Gasteiger partial charge is 0.220 e. The zero-order valence-electron chi connectivity index (χ0n) is 8.73. The summed E-state index contributed by atoms with van der Waals surface area (Å²) in [6, 6.07) is 0. The lowest BCUT2D eigenvalue weighted by Crippen LogP contribution is -2.27. The zero-order valence-corrected chi connectivity index (χ0v) is 10.9. The molecule has 0 aromatic carbocycles. The Morgan fingerprint density at radius 3 is 2.64 bits per heavy atom. The molecule has 0 aromatic rings. The highest BCUT2D eigenvalue weighted by molar-refractivity contribution is 14.1. The topological polar surface area (TPSA) is 29.1 Å². The lowest BCUT2D eigenvalue weighted by atomic mass is 9.87. The van der Waals surface area contributed by atoms with E-state index >= 15 is 0 Å². The third-order valence-corrected chi connectivity index (χ3v) is 3.59. The van der Waals surface area contributed by atoms with Crippen molar-refractivity contribution in [3.63, 3.8) is 0 Å². The fourth-order valence-corrected chi connectivity index (χ4v) is 2.40. The molecule has 14 heavy (non-hydrogen) atoms. The van der Waals surface area contributed by atoms with Crippen molar-refractivity contribution in [3.8, 4) is 0 Å². The van der Waals surface area contributed by atoms with Gasteiger partial charge in [0.15, 0.2) is 0 Å². The van der Waals surface area contributed by atoms with E-state index in [4.69, 9.17) is 0 Å². The van der Waals surface area contributed by atoms with Crippen molar-refractivity contribution in [2.45, 2.75) is 44.9 Å². The van der Waals surface area contributed by atoms with Crippen molar-refractivity contribution >= 4 is 28.5 Å². The molecule has 3 heteroatoms. The summed E-state index contributed by atoms with van der Waals surface area (Å²) in [4.78, 5) is 11.5. The van der Waals surface area contributed by atoms with E-state index in [1.807, 2.05) is 0 Å². The van der Waals surface area contributed by atoms with Crippen LogP contribution in [0.25, 0.3) is 0 Å². The maximum atomic E-state index is 11.5. The molecule has 1 saturated carbocycles. The summed E-state index contributed by atoms with van der Waals surface area (Å²) >= 11 is 2.34. The molecule has 1 N–H and O–H groups in total. The van der Waals surface area contributed by atoms with Crippen molar-refractivity contribution in [1.29, 1.82) is 0 Å². The molecule has 0 unspecified atom stereocenters. The number of alkyl halides is 1. The first-order valence-corrected chi connectivity index (χ1v) is 7.18. The van der Waals surface area contributed by atoms with Gasteiger partial charge in [-0.25, -0.2) is 0 Å². The van der Waals surface area contributed by atoms with E-state index in [2.05, 4.69) is 27.9 Å². The predicted octanol–water partition coefficient (Wildman–Crippen LogP) is 2.90. The average molecular weight is 309 g/mol. The Labute approximate surface area is 100 Å². The van der Waals surface area contributed by atoms with Crippen LogP contribution in [0.2, 0.25) is 0 Å². The summed E-state index contributed by atoms with van der Waals surface area (Å²) in [7, 11) is 0. The van der Waals surface area contributed by atoms with Gasteiger partial charge in [0, 0.05) is 17.4 Å². The normalized spacial score (nSPS) is 18.1. The molecule has 1 fully saturated rings. The number of hydrogen-bond donors (Lipinski definition) is 1. The Balaban J connectivity index is 2.06. The second-order valence-electron chi connectivity index (χ2n) is 4.10. The van der Waals surface area contributed by atoms with Crippen molar-refractivity contribution in [2.75, 3.05) is 11.0 Å². The molecule has 2 nitrogen and oxygen atoms in total. The van der Waals surface area contributed by atoms with E-state index in [0.29, 0.717) is 5.92 Å². The Kier molecular flexibility index (Phi) is 6.56. The Bertz CT molecular complexity index is 167. The van der Waals surface area contributed by atoms with Gasteiger partial charge in [0.05, 0.1) is 0 Å². The summed E-state index contributed by atoms with van der Waals surface area (Å²) < 4.78 is 1.13. The van der Waals surface area contributed by atoms with Crippen LogP contribution < -0.4 is 5.32 Å². The van der Waals surface area contributed by atoms with Crippen LogP contribution in [0.5, 0.6) is 0 Å². The zero-order chi connectivity index (χ0) is 10.2. The van der Waals surface area contributed by atoms with Crippen LogP contribution in [0.1, 0.15) is 44.9 Å². The van der Waals surface area contributed by atoms with Crippen molar-refractivity contribution in [2.24, 2.45) is 5.92 Å². The van der Waals surface area contributed by atoms with E-state index in [1.54, 1.807) is 0 Å². The lowest BCUT2D eigenvalue weighted by Gasteiger charge is -2.20. The minimum Gasteiger partial charge on any atom is -0.356 e. The molecule has 0 heterocycles. The second-order valence-corrected chi connectivity index (χ2v) is 5.18. The van der Waals surface area contributed by atoms with Gasteiger partial charge >= 0.3 is 0 Å². The maximum Gasteiger partial charge on any atom is 0.220 e. The minimum atomic E-state index is 0.266. The molecule has 0 radical (unpaired) electrons. The fraction of sp³-hybridized carbons (Fsp3) is 0.909. The number of rotatable bonds is 5. The van der Waals surface area contributed by atoms with E-state index in [9.17, 15) is 4.79 Å². The highest BCUT2D eigenvalue weighted by atomic mass is 127. The maximum absolute atomic E-state index is 11.5. The lowest BCUT2D eigenvalue weighted by molar-refractivity contribution is -0.122. The molecule has 1 rings (SSSR count). The third-order valence-electron chi connectivity index (χ3n) is 2.83. The van der Waals surface area contributed by atoms with Crippen LogP contribution in [-0.4, -0.2) is 16.9 Å². The average Bonchev–Trinajstić information content (AvgIpc) is 2.20. The third kappa shape index (κ3) is 5.17. The molecule has 0 aliphatic heterocycles. The first-order chi connectivity index (χ1) is 6.83. The van der Waals surface area contributed by atoms with Gasteiger partial charge in [0.2, 0.25) is 5.91 Å². The van der Waals surface area contributed by atoms with Gasteiger partial charge in [0.25, 0.3) is 0 Å². The summed E-state index contributed by atoms with van der Waals surface area (Å²) in [6.07, 6.45) is 8.40. The molecule has 1 aliphatic rings. The summed E-state index contributed by atoms with van der Waals surface area (Å²) in [5, 5.41) is 2.99. The second kappa shape index (κ2) is 7.49. The number of nitrogens with one attached hydrogen (secondary N) is 1. The summed E-state index contributed by atoms with van der Waals surface area (Å²) in [5.74, 6) is 0.935. The molecule has 1 aliphatic carbocycles. The molecule has 1 amide bonds. The molecule has 82 valence electrons. The van der Waals surface area contributed by atoms with E-state index < -0.39 is 0 Å². The van der Waals surface area contributed by atoms with Crippen LogP contribution in [0.15, 0.2) is 0 Å². The van der Waals surface area contributed by atoms with Crippen molar-refractivity contribution in [1.82, 2.24) is 5.32 Å². The van der Waals surface area contributed by atoms with Gasteiger partial charge in [-0.05, 0) is 25.2 Å². The molecular formula is C11H20INO. The minimum absolute atomic E-state index is 0.266. The molecule has 0 spiro atoms. The number of hydrogen-bond acceptors (Lipinski definition) is 1. The van der Waals surface area contributed by atoms with Gasteiger partial charge in [-0.15, -0.1) is 0 Å². The van der Waals surface area contributed by atoms with Crippen molar-refractivity contribution in [3.05, 3.63) is 0 Å². The standard InChI is InChI=1S/C11H20INO/c12-7-4-8-13-11(14)9-10-5-2-1-3-6-10/h10H,1-9H2,(H,13,14). The summed E-state index contributed by atoms with van der Waals surface area (Å²) in [6.45, 7) is 0.856. The first kappa shape index (κ1) is 12.3. The monoisotopic (exact) mass is 309 g/mol. The highest BCUT2D eigenvalue weighted by Crippen LogP contribution is 2.25. The van der Waals surface area contributed by atoms with Crippen LogP contribution >= 0.6 is 22.6 Å². The van der Waals surface area contributed by atoms with Crippen LogP contribution in [0.3, 0.4) is 0 Å². The Morgan fingerprint density at radius 1 is 1.29 bits per heavy atom. The predicted molar refractivity (Wildman–Crippen MR) is 67.7 cm³/mol. The number of amides is 1. The molecule has 0 saturated heterocycles. The summed E-state index contributed by atoms with van der Waals surface area (Å²) in [5.41, 5.74) is 0. The Hall–Kier alpha value is 0.200.